The van der Waals surface area contributed by atoms with E-state index in [1.54, 1.807) is 0 Å². The standard InChI is InChI=1S/C22H43N5O2/c1-4-5-14-26(19(17-24-3)16-18-11-7-6-8-12-18)21(29)27-15-10-9-13-22(27,2)25-20(23)28/h18-19,24H,4-17H2,1-3H3,(H3,23,25,28)/t19-,22?/m0/s1. The van der Waals surface area contributed by atoms with Crippen molar-refractivity contribution in [2.75, 3.05) is 26.7 Å². The van der Waals surface area contributed by atoms with E-state index in [1.807, 2.05) is 18.9 Å². The lowest BCUT2D eigenvalue weighted by molar-refractivity contribution is 0.0402. The molecule has 1 saturated heterocycles. The van der Waals surface area contributed by atoms with Crippen molar-refractivity contribution < 1.29 is 9.59 Å². The van der Waals surface area contributed by atoms with Crippen LogP contribution in [-0.2, 0) is 0 Å². The van der Waals surface area contributed by atoms with Gasteiger partial charge < -0.3 is 26.2 Å². The van der Waals surface area contributed by atoms with Crippen LogP contribution in [0, 0.1) is 5.92 Å². The normalized spacial score (nSPS) is 24.2. The zero-order valence-electron chi connectivity index (χ0n) is 18.8. The highest BCUT2D eigenvalue weighted by molar-refractivity contribution is 5.78. The molecule has 0 bridgehead atoms. The van der Waals surface area contributed by atoms with E-state index in [4.69, 9.17) is 5.73 Å². The third-order valence-electron chi connectivity index (χ3n) is 6.72. The fourth-order valence-corrected chi connectivity index (χ4v) is 5.10. The number of rotatable bonds is 9. The van der Waals surface area contributed by atoms with Gasteiger partial charge in [-0.2, -0.15) is 0 Å². The molecule has 1 saturated carbocycles. The number of carbonyl (C=O) groups is 2. The number of carbonyl (C=O) groups excluding carboxylic acids is 2. The van der Waals surface area contributed by atoms with Crippen molar-refractivity contribution in [2.24, 2.45) is 11.7 Å². The number of urea groups is 2. The van der Waals surface area contributed by atoms with Gasteiger partial charge in [-0.05, 0) is 52.0 Å². The second-order valence-corrected chi connectivity index (χ2v) is 9.15. The summed E-state index contributed by atoms with van der Waals surface area (Å²) in [4.78, 5) is 29.4. The third-order valence-corrected chi connectivity index (χ3v) is 6.72. The first kappa shape index (κ1) is 23.8. The zero-order chi connectivity index (χ0) is 21.3. The first-order valence-electron chi connectivity index (χ1n) is 11.7. The molecule has 0 spiro atoms. The van der Waals surface area contributed by atoms with Gasteiger partial charge in [0, 0.05) is 25.7 Å². The van der Waals surface area contributed by atoms with Crippen LogP contribution >= 0.6 is 0 Å². The van der Waals surface area contributed by atoms with Gasteiger partial charge in [-0.25, -0.2) is 9.59 Å². The lowest BCUT2D eigenvalue weighted by Crippen LogP contribution is -2.66. The molecule has 1 aliphatic carbocycles. The molecule has 4 N–H and O–H groups in total. The Kier molecular flexibility index (Phi) is 9.53. The monoisotopic (exact) mass is 409 g/mol. The van der Waals surface area contributed by atoms with Crippen molar-refractivity contribution in [2.45, 2.75) is 96.2 Å². The van der Waals surface area contributed by atoms with Crippen LogP contribution in [0.15, 0.2) is 0 Å². The van der Waals surface area contributed by atoms with Crippen LogP contribution in [0.1, 0.15) is 84.5 Å². The Balaban J connectivity index is 2.21. The van der Waals surface area contributed by atoms with Crippen molar-refractivity contribution >= 4 is 12.1 Å². The number of likely N-dealkylation sites (tertiary alicyclic amines) is 1. The smallest absolute Gasteiger partial charge is 0.322 e. The molecule has 29 heavy (non-hydrogen) atoms. The first-order valence-corrected chi connectivity index (χ1v) is 11.7. The van der Waals surface area contributed by atoms with E-state index in [2.05, 4.69) is 22.5 Å². The fraction of sp³-hybridized carbons (Fsp3) is 0.909. The fourth-order valence-electron chi connectivity index (χ4n) is 5.10. The highest BCUT2D eigenvalue weighted by Crippen LogP contribution is 2.31. The minimum Gasteiger partial charge on any atom is -0.352 e. The summed E-state index contributed by atoms with van der Waals surface area (Å²) in [5.41, 5.74) is 4.74. The van der Waals surface area contributed by atoms with E-state index >= 15 is 0 Å². The summed E-state index contributed by atoms with van der Waals surface area (Å²) in [5.74, 6) is 0.704. The van der Waals surface area contributed by atoms with Gasteiger partial charge in [-0.3, -0.25) is 0 Å². The summed E-state index contributed by atoms with van der Waals surface area (Å²) >= 11 is 0. The minimum atomic E-state index is -0.708. The zero-order valence-corrected chi connectivity index (χ0v) is 18.8. The average Bonchev–Trinajstić information content (AvgIpc) is 2.68. The Labute approximate surface area is 177 Å². The maximum atomic E-state index is 13.8. The molecule has 0 aromatic carbocycles. The summed E-state index contributed by atoms with van der Waals surface area (Å²) < 4.78 is 0. The number of nitrogens with two attached hydrogens (primary N) is 1. The summed E-state index contributed by atoms with van der Waals surface area (Å²) in [6.07, 6.45) is 12.3. The SMILES string of the molecule is CCCCN(C(=O)N1CCCCC1(C)NC(N)=O)[C@H](CNC)CC1CCCCC1. The number of piperidine rings is 1. The topological polar surface area (TPSA) is 90.7 Å². The van der Waals surface area contributed by atoms with E-state index in [-0.39, 0.29) is 12.1 Å². The van der Waals surface area contributed by atoms with Crippen molar-refractivity contribution in [1.29, 1.82) is 0 Å². The predicted octanol–water partition coefficient (Wildman–Crippen LogP) is 3.64. The number of likely N-dealkylation sites (N-methyl/N-ethyl adjacent to an activating group) is 1. The lowest BCUT2D eigenvalue weighted by atomic mass is 9.84. The molecule has 1 heterocycles. The Morgan fingerprint density at radius 1 is 1.21 bits per heavy atom. The van der Waals surface area contributed by atoms with Crippen molar-refractivity contribution in [3.8, 4) is 0 Å². The van der Waals surface area contributed by atoms with E-state index in [0.29, 0.717) is 12.5 Å². The van der Waals surface area contributed by atoms with Gasteiger partial charge in [-0.1, -0.05) is 45.4 Å². The second kappa shape index (κ2) is 11.6. The molecule has 4 amide bonds. The molecule has 2 atom stereocenters. The summed E-state index contributed by atoms with van der Waals surface area (Å²) in [6, 6.07) is -0.339. The lowest BCUT2D eigenvalue weighted by Gasteiger charge is -2.48. The third kappa shape index (κ3) is 6.76. The number of hydrogen-bond acceptors (Lipinski definition) is 3. The Morgan fingerprint density at radius 3 is 2.55 bits per heavy atom. The molecule has 7 heteroatoms. The number of unbranched alkanes of at least 4 members (excludes halogenated alkanes) is 1. The number of amides is 4. The van der Waals surface area contributed by atoms with E-state index in [1.165, 1.54) is 32.1 Å². The van der Waals surface area contributed by atoms with Gasteiger partial charge in [-0.15, -0.1) is 0 Å². The molecule has 7 nitrogen and oxygen atoms in total. The number of hydrogen-bond donors (Lipinski definition) is 3. The molecule has 168 valence electrons. The van der Waals surface area contributed by atoms with Crippen LogP contribution in [0.4, 0.5) is 9.59 Å². The molecule has 2 rings (SSSR count). The molecular formula is C22H43N5O2. The van der Waals surface area contributed by atoms with Crippen LogP contribution in [0.5, 0.6) is 0 Å². The van der Waals surface area contributed by atoms with Crippen LogP contribution in [-0.4, -0.2) is 60.2 Å². The van der Waals surface area contributed by atoms with Gasteiger partial charge in [0.25, 0.3) is 0 Å². The quantitative estimate of drug-likeness (QED) is 0.543. The highest BCUT2D eigenvalue weighted by Gasteiger charge is 2.41. The van der Waals surface area contributed by atoms with Crippen LogP contribution in [0.3, 0.4) is 0 Å². The molecular weight excluding hydrogens is 366 g/mol. The van der Waals surface area contributed by atoms with Gasteiger partial charge in [0.15, 0.2) is 0 Å². The molecule has 1 aliphatic heterocycles. The second-order valence-electron chi connectivity index (χ2n) is 9.15. The summed E-state index contributed by atoms with van der Waals surface area (Å²) in [7, 11) is 1.97. The Morgan fingerprint density at radius 2 is 1.93 bits per heavy atom. The van der Waals surface area contributed by atoms with Crippen molar-refractivity contribution in [3.05, 3.63) is 0 Å². The summed E-state index contributed by atoms with van der Waals surface area (Å²) in [6.45, 7) is 6.32. The predicted molar refractivity (Wildman–Crippen MR) is 118 cm³/mol. The van der Waals surface area contributed by atoms with Crippen LogP contribution in [0.25, 0.3) is 0 Å². The van der Waals surface area contributed by atoms with Gasteiger partial charge in [0.05, 0.1) is 0 Å². The average molecular weight is 410 g/mol. The first-order chi connectivity index (χ1) is 13.9. The van der Waals surface area contributed by atoms with E-state index < -0.39 is 11.7 Å². The largest absolute Gasteiger partial charge is 0.352 e. The summed E-state index contributed by atoms with van der Waals surface area (Å²) in [5, 5.41) is 6.18. The molecule has 0 aromatic rings. The van der Waals surface area contributed by atoms with Gasteiger partial charge in [0.1, 0.15) is 5.66 Å². The van der Waals surface area contributed by atoms with Crippen LogP contribution in [0.2, 0.25) is 0 Å². The maximum absolute atomic E-state index is 13.8. The van der Waals surface area contributed by atoms with Crippen molar-refractivity contribution in [1.82, 2.24) is 20.4 Å². The van der Waals surface area contributed by atoms with E-state index in [0.717, 1.165) is 51.6 Å². The Hall–Kier alpha value is -1.50. The highest BCUT2D eigenvalue weighted by atomic mass is 16.2. The van der Waals surface area contributed by atoms with E-state index in [9.17, 15) is 9.59 Å². The molecule has 2 aliphatic rings. The molecule has 1 unspecified atom stereocenters. The number of nitrogens with one attached hydrogen (secondary N) is 2. The van der Waals surface area contributed by atoms with Gasteiger partial charge >= 0.3 is 12.1 Å². The maximum Gasteiger partial charge on any atom is 0.322 e. The molecule has 0 aromatic heterocycles. The molecule has 0 radical (unpaired) electrons. The van der Waals surface area contributed by atoms with Crippen molar-refractivity contribution in [3.63, 3.8) is 0 Å². The van der Waals surface area contributed by atoms with Gasteiger partial charge in [0.2, 0.25) is 0 Å². The number of nitrogens with zero attached hydrogens (tertiary/aromatic N) is 2. The van der Waals surface area contributed by atoms with Crippen LogP contribution < -0.4 is 16.4 Å². The Bertz CT molecular complexity index is 523. The molecule has 2 fully saturated rings. The minimum absolute atomic E-state index is 0.0467. The number of primary amides is 1.